The van der Waals surface area contributed by atoms with Crippen molar-refractivity contribution in [3.63, 3.8) is 0 Å². The number of ether oxygens (including phenoxy) is 3. The Balaban J connectivity index is 1.42. The van der Waals surface area contributed by atoms with Gasteiger partial charge in [0.1, 0.15) is 11.5 Å². The van der Waals surface area contributed by atoms with E-state index in [2.05, 4.69) is 5.32 Å². The van der Waals surface area contributed by atoms with Gasteiger partial charge in [0, 0.05) is 5.69 Å². The Morgan fingerprint density at radius 3 is 2.21 bits per heavy atom. The number of carbonyl (C=O) groups excluding carboxylic acids is 2. The SMILES string of the molecule is CCOc1ccc(OCC(=O)OCC(=O)Nc2ccc3ccccc3c2)cc1. The van der Waals surface area contributed by atoms with Gasteiger partial charge in [0.05, 0.1) is 6.61 Å². The first-order valence-electron chi connectivity index (χ1n) is 8.94. The molecule has 0 aliphatic rings. The number of nitrogens with one attached hydrogen (secondary N) is 1. The number of hydrogen-bond acceptors (Lipinski definition) is 5. The maximum Gasteiger partial charge on any atom is 0.344 e. The fourth-order valence-corrected chi connectivity index (χ4v) is 2.59. The summed E-state index contributed by atoms with van der Waals surface area (Å²) in [7, 11) is 0. The van der Waals surface area contributed by atoms with Crippen LogP contribution < -0.4 is 14.8 Å². The first-order valence-corrected chi connectivity index (χ1v) is 8.94. The summed E-state index contributed by atoms with van der Waals surface area (Å²) in [5.74, 6) is 0.205. The second-order valence-corrected chi connectivity index (χ2v) is 5.96. The van der Waals surface area contributed by atoms with Gasteiger partial charge in [-0.15, -0.1) is 0 Å². The topological polar surface area (TPSA) is 73.9 Å². The Morgan fingerprint density at radius 2 is 1.50 bits per heavy atom. The quantitative estimate of drug-likeness (QED) is 0.603. The molecule has 0 aliphatic carbocycles. The number of benzene rings is 3. The van der Waals surface area contributed by atoms with Gasteiger partial charge in [0.2, 0.25) is 0 Å². The van der Waals surface area contributed by atoms with Crippen molar-refractivity contribution in [3.8, 4) is 11.5 Å². The molecule has 0 fully saturated rings. The van der Waals surface area contributed by atoms with Gasteiger partial charge in [-0.05, 0) is 54.1 Å². The molecule has 0 spiro atoms. The molecule has 0 bridgehead atoms. The van der Waals surface area contributed by atoms with E-state index in [0.717, 1.165) is 16.5 Å². The molecule has 28 heavy (non-hydrogen) atoms. The largest absolute Gasteiger partial charge is 0.494 e. The minimum absolute atomic E-state index is 0.281. The predicted octanol–water partition coefficient (Wildman–Crippen LogP) is 3.80. The van der Waals surface area contributed by atoms with Crippen molar-refractivity contribution in [3.05, 3.63) is 66.7 Å². The van der Waals surface area contributed by atoms with Gasteiger partial charge in [-0.25, -0.2) is 4.79 Å². The molecule has 3 aromatic rings. The van der Waals surface area contributed by atoms with Gasteiger partial charge in [0.25, 0.3) is 5.91 Å². The molecule has 6 heteroatoms. The van der Waals surface area contributed by atoms with Crippen LogP contribution in [0.15, 0.2) is 66.7 Å². The summed E-state index contributed by atoms with van der Waals surface area (Å²) in [5, 5.41) is 4.81. The minimum atomic E-state index is -0.623. The third-order valence-electron chi connectivity index (χ3n) is 3.89. The van der Waals surface area contributed by atoms with Crippen LogP contribution in [-0.4, -0.2) is 31.7 Å². The summed E-state index contributed by atoms with van der Waals surface area (Å²) in [6.45, 7) is 1.82. The van der Waals surface area contributed by atoms with E-state index in [1.165, 1.54) is 0 Å². The monoisotopic (exact) mass is 379 g/mol. The molecular formula is C22H21NO5. The maximum absolute atomic E-state index is 12.0. The molecule has 0 aromatic heterocycles. The van der Waals surface area contributed by atoms with Crippen molar-refractivity contribution in [2.24, 2.45) is 0 Å². The van der Waals surface area contributed by atoms with Crippen LogP contribution in [0.3, 0.4) is 0 Å². The van der Waals surface area contributed by atoms with Gasteiger partial charge in [-0.2, -0.15) is 0 Å². The van der Waals surface area contributed by atoms with Crippen molar-refractivity contribution < 1.29 is 23.8 Å². The average molecular weight is 379 g/mol. The van der Waals surface area contributed by atoms with Crippen molar-refractivity contribution in [2.75, 3.05) is 25.1 Å². The zero-order chi connectivity index (χ0) is 19.8. The molecule has 0 radical (unpaired) electrons. The maximum atomic E-state index is 12.0. The highest BCUT2D eigenvalue weighted by atomic mass is 16.6. The molecule has 0 saturated carbocycles. The van der Waals surface area contributed by atoms with Crippen LogP contribution in [0.1, 0.15) is 6.92 Å². The van der Waals surface area contributed by atoms with Gasteiger partial charge in [-0.3, -0.25) is 4.79 Å². The van der Waals surface area contributed by atoms with Crippen LogP contribution in [0.2, 0.25) is 0 Å². The van der Waals surface area contributed by atoms with Gasteiger partial charge in [0.15, 0.2) is 13.2 Å². The summed E-state index contributed by atoms with van der Waals surface area (Å²) in [6, 6.07) is 20.3. The van der Waals surface area contributed by atoms with Crippen molar-refractivity contribution in [1.82, 2.24) is 0 Å². The van der Waals surface area contributed by atoms with Crippen LogP contribution in [0.25, 0.3) is 10.8 Å². The van der Waals surface area contributed by atoms with Crippen LogP contribution in [0, 0.1) is 0 Å². The minimum Gasteiger partial charge on any atom is -0.494 e. The Morgan fingerprint density at radius 1 is 0.821 bits per heavy atom. The number of amides is 1. The van der Waals surface area contributed by atoms with Crippen molar-refractivity contribution in [2.45, 2.75) is 6.92 Å². The van der Waals surface area contributed by atoms with Crippen molar-refractivity contribution >= 4 is 28.3 Å². The molecule has 0 heterocycles. The van der Waals surface area contributed by atoms with E-state index in [9.17, 15) is 9.59 Å². The summed E-state index contributed by atoms with van der Waals surface area (Å²) in [5.41, 5.74) is 0.644. The Hall–Kier alpha value is -3.54. The molecule has 3 aromatic carbocycles. The first-order chi connectivity index (χ1) is 13.6. The van der Waals surface area contributed by atoms with Gasteiger partial charge < -0.3 is 19.5 Å². The summed E-state index contributed by atoms with van der Waals surface area (Å²) in [6.07, 6.45) is 0. The lowest BCUT2D eigenvalue weighted by Crippen LogP contribution is -2.23. The Kier molecular flexibility index (Phi) is 6.46. The molecule has 0 atom stereocenters. The third kappa shape index (κ3) is 5.48. The molecule has 3 rings (SSSR count). The second kappa shape index (κ2) is 9.41. The highest BCUT2D eigenvalue weighted by Crippen LogP contribution is 2.19. The van der Waals surface area contributed by atoms with Crippen LogP contribution in [-0.2, 0) is 14.3 Å². The fourth-order valence-electron chi connectivity index (χ4n) is 2.59. The summed E-state index contributed by atoms with van der Waals surface area (Å²) < 4.78 is 15.6. The van der Waals surface area contributed by atoms with E-state index in [1.807, 2.05) is 43.3 Å². The Labute approximate surface area is 163 Å². The smallest absolute Gasteiger partial charge is 0.344 e. The van der Waals surface area contributed by atoms with Gasteiger partial charge in [-0.1, -0.05) is 30.3 Å². The number of anilines is 1. The lowest BCUT2D eigenvalue weighted by atomic mass is 10.1. The number of hydrogen-bond donors (Lipinski definition) is 1. The van der Waals surface area contributed by atoms with E-state index in [4.69, 9.17) is 14.2 Å². The zero-order valence-electron chi connectivity index (χ0n) is 15.5. The van der Waals surface area contributed by atoms with E-state index < -0.39 is 11.9 Å². The molecule has 0 saturated heterocycles. The summed E-state index contributed by atoms with van der Waals surface area (Å²) in [4.78, 5) is 23.7. The number of esters is 1. The third-order valence-corrected chi connectivity index (χ3v) is 3.89. The lowest BCUT2D eigenvalue weighted by Gasteiger charge is -2.09. The van der Waals surface area contributed by atoms with Crippen LogP contribution in [0.4, 0.5) is 5.69 Å². The molecule has 1 N–H and O–H groups in total. The number of carbonyl (C=O) groups is 2. The molecule has 1 amide bonds. The Bertz CT molecular complexity index is 953. The highest BCUT2D eigenvalue weighted by molar-refractivity contribution is 5.95. The van der Waals surface area contributed by atoms with E-state index in [-0.39, 0.29) is 13.2 Å². The summed E-state index contributed by atoms with van der Waals surface area (Å²) >= 11 is 0. The van der Waals surface area contributed by atoms with E-state index in [1.54, 1.807) is 30.3 Å². The van der Waals surface area contributed by atoms with Crippen molar-refractivity contribution in [1.29, 1.82) is 0 Å². The van der Waals surface area contributed by atoms with Crippen LogP contribution in [0.5, 0.6) is 11.5 Å². The average Bonchev–Trinajstić information content (AvgIpc) is 2.72. The normalized spacial score (nSPS) is 10.3. The lowest BCUT2D eigenvalue weighted by molar-refractivity contribution is -0.149. The molecular weight excluding hydrogens is 358 g/mol. The predicted molar refractivity (Wildman–Crippen MR) is 107 cm³/mol. The molecule has 6 nitrogen and oxygen atoms in total. The van der Waals surface area contributed by atoms with E-state index >= 15 is 0 Å². The zero-order valence-corrected chi connectivity index (χ0v) is 15.5. The fraction of sp³-hybridized carbons (Fsp3) is 0.182. The molecule has 0 unspecified atom stereocenters. The second-order valence-electron chi connectivity index (χ2n) is 5.96. The number of rotatable bonds is 8. The van der Waals surface area contributed by atoms with Crippen LogP contribution >= 0.6 is 0 Å². The molecule has 0 aliphatic heterocycles. The first kappa shape index (κ1) is 19.2. The highest BCUT2D eigenvalue weighted by Gasteiger charge is 2.09. The molecule has 144 valence electrons. The van der Waals surface area contributed by atoms with E-state index in [0.29, 0.717) is 18.0 Å². The number of fused-ring (bicyclic) bond motifs is 1. The van der Waals surface area contributed by atoms with Gasteiger partial charge >= 0.3 is 5.97 Å². The standard InChI is InChI=1S/C22H21NO5/c1-2-26-19-9-11-20(12-10-19)27-15-22(25)28-14-21(24)23-18-8-7-16-5-3-4-6-17(16)13-18/h3-13H,2,14-15H2,1H3,(H,23,24).